The molecular weight excluding hydrogens is 230 g/mol. The first-order chi connectivity index (χ1) is 7.99. The second-order valence-corrected chi connectivity index (χ2v) is 9.54. The van der Waals surface area contributed by atoms with Crippen molar-refractivity contribution in [3.8, 4) is 0 Å². The molecule has 0 bridgehead atoms. The molecule has 2 aliphatic heterocycles. The van der Waals surface area contributed by atoms with Crippen LogP contribution in [0.2, 0.25) is 12.1 Å². The van der Waals surface area contributed by atoms with Crippen LogP contribution in [0.5, 0.6) is 0 Å². The molecule has 98 valence electrons. The van der Waals surface area contributed by atoms with Gasteiger partial charge < -0.3 is 8.85 Å². The van der Waals surface area contributed by atoms with Crippen LogP contribution in [0.25, 0.3) is 0 Å². The zero-order valence-electron chi connectivity index (χ0n) is 11.4. The van der Waals surface area contributed by atoms with E-state index >= 15 is 0 Å². The zero-order valence-corrected chi connectivity index (χ0v) is 12.4. The summed E-state index contributed by atoms with van der Waals surface area (Å²) < 4.78 is 12.2. The van der Waals surface area contributed by atoms with Crippen LogP contribution in [0, 0.1) is 5.41 Å². The molecule has 0 N–H and O–H groups in total. The molecule has 2 aliphatic rings. The highest BCUT2D eigenvalue weighted by Gasteiger charge is 2.39. The second-order valence-electron chi connectivity index (χ2n) is 6.32. The molecule has 1 spiro atoms. The van der Waals surface area contributed by atoms with Crippen LogP contribution in [-0.2, 0) is 8.85 Å². The maximum atomic E-state index is 6.09. The average molecular weight is 255 g/mol. The first kappa shape index (κ1) is 13.3. The lowest BCUT2D eigenvalue weighted by molar-refractivity contribution is 0.0789. The van der Waals surface area contributed by atoms with Gasteiger partial charge in [0.05, 0.1) is 0 Å². The standard InChI is InChI=1S/C13H25NO2Si/c1-13(2,3)12-14-6-8-15-17(16-9-7-14)10-4-5-11-17/h4-5H,6-12H2,1-3H3. The summed E-state index contributed by atoms with van der Waals surface area (Å²) >= 11 is 0. The minimum absolute atomic E-state index is 0.350. The maximum absolute atomic E-state index is 6.09. The Morgan fingerprint density at radius 2 is 1.59 bits per heavy atom. The van der Waals surface area contributed by atoms with Crippen molar-refractivity contribution >= 4 is 8.56 Å². The van der Waals surface area contributed by atoms with Gasteiger partial charge in [0.15, 0.2) is 0 Å². The number of hydrogen-bond donors (Lipinski definition) is 0. The minimum atomic E-state index is -1.83. The third-order valence-corrected chi connectivity index (χ3v) is 6.44. The second kappa shape index (κ2) is 5.22. The van der Waals surface area contributed by atoms with E-state index in [9.17, 15) is 0 Å². The molecule has 0 atom stereocenters. The maximum Gasteiger partial charge on any atom is 0.346 e. The molecule has 0 aliphatic carbocycles. The first-order valence-electron chi connectivity index (χ1n) is 6.64. The Morgan fingerprint density at radius 1 is 1.06 bits per heavy atom. The molecule has 1 saturated heterocycles. The summed E-state index contributed by atoms with van der Waals surface area (Å²) in [5.74, 6) is 0. The van der Waals surface area contributed by atoms with Crippen LogP contribution in [-0.4, -0.2) is 46.3 Å². The molecule has 2 rings (SSSR count). The summed E-state index contributed by atoms with van der Waals surface area (Å²) in [6.07, 6.45) is 4.45. The Kier molecular flexibility index (Phi) is 4.08. The monoisotopic (exact) mass is 255 g/mol. The molecule has 0 aromatic heterocycles. The molecule has 17 heavy (non-hydrogen) atoms. The Morgan fingerprint density at radius 3 is 2.06 bits per heavy atom. The van der Waals surface area contributed by atoms with E-state index in [1.165, 1.54) is 0 Å². The van der Waals surface area contributed by atoms with Crippen LogP contribution in [0.1, 0.15) is 20.8 Å². The normalized spacial score (nSPS) is 26.1. The summed E-state index contributed by atoms with van der Waals surface area (Å²) in [7, 11) is -1.83. The van der Waals surface area contributed by atoms with Gasteiger partial charge in [-0.2, -0.15) is 0 Å². The number of hydrogen-bond acceptors (Lipinski definition) is 3. The molecule has 2 heterocycles. The molecule has 0 aromatic carbocycles. The van der Waals surface area contributed by atoms with Crippen molar-refractivity contribution in [2.24, 2.45) is 5.41 Å². The highest BCUT2D eigenvalue weighted by atomic mass is 28.4. The Bertz CT molecular complexity index is 266. The van der Waals surface area contributed by atoms with Gasteiger partial charge in [-0.1, -0.05) is 32.9 Å². The van der Waals surface area contributed by atoms with E-state index in [-0.39, 0.29) is 0 Å². The lowest BCUT2D eigenvalue weighted by Crippen LogP contribution is -2.48. The number of nitrogens with zero attached hydrogens (tertiary/aromatic N) is 1. The van der Waals surface area contributed by atoms with Gasteiger partial charge in [0.2, 0.25) is 0 Å². The third-order valence-electron chi connectivity index (χ3n) is 3.27. The smallest absolute Gasteiger partial charge is 0.346 e. The quantitative estimate of drug-likeness (QED) is 0.530. The van der Waals surface area contributed by atoms with Crippen molar-refractivity contribution in [1.29, 1.82) is 0 Å². The van der Waals surface area contributed by atoms with E-state index in [0.29, 0.717) is 5.41 Å². The fraction of sp³-hybridized carbons (Fsp3) is 0.846. The third kappa shape index (κ3) is 3.91. The van der Waals surface area contributed by atoms with Gasteiger partial charge in [0.1, 0.15) is 0 Å². The average Bonchev–Trinajstić information content (AvgIpc) is 2.61. The Labute approximate surface area is 106 Å². The van der Waals surface area contributed by atoms with Gasteiger partial charge in [-0.25, -0.2) is 0 Å². The molecule has 0 saturated carbocycles. The molecule has 0 aromatic rings. The Hall–Kier alpha value is -0.163. The van der Waals surface area contributed by atoms with Gasteiger partial charge >= 0.3 is 8.56 Å². The van der Waals surface area contributed by atoms with Crippen LogP contribution in [0.3, 0.4) is 0 Å². The van der Waals surface area contributed by atoms with Crippen molar-refractivity contribution in [3.05, 3.63) is 12.2 Å². The summed E-state index contributed by atoms with van der Waals surface area (Å²) in [5, 5.41) is 0. The van der Waals surface area contributed by atoms with Crippen molar-refractivity contribution in [2.45, 2.75) is 32.9 Å². The molecule has 4 heteroatoms. The molecule has 3 nitrogen and oxygen atoms in total. The summed E-state index contributed by atoms with van der Waals surface area (Å²) in [5.41, 5.74) is 0.350. The SMILES string of the molecule is CC(C)(C)CN1CCO[Si]2(CC=CC2)OCC1. The first-order valence-corrected chi connectivity index (χ1v) is 8.88. The van der Waals surface area contributed by atoms with E-state index < -0.39 is 8.56 Å². The molecule has 1 fully saturated rings. The molecule has 0 unspecified atom stereocenters. The number of rotatable bonds is 1. The van der Waals surface area contributed by atoms with Crippen molar-refractivity contribution in [2.75, 3.05) is 32.8 Å². The van der Waals surface area contributed by atoms with E-state index in [2.05, 4.69) is 37.8 Å². The van der Waals surface area contributed by atoms with Crippen LogP contribution < -0.4 is 0 Å². The highest BCUT2D eigenvalue weighted by molar-refractivity contribution is 6.69. The van der Waals surface area contributed by atoms with Crippen molar-refractivity contribution < 1.29 is 8.85 Å². The van der Waals surface area contributed by atoms with E-state index in [4.69, 9.17) is 8.85 Å². The lowest BCUT2D eigenvalue weighted by atomic mass is 9.96. The van der Waals surface area contributed by atoms with Crippen LogP contribution >= 0.6 is 0 Å². The largest absolute Gasteiger partial charge is 0.393 e. The van der Waals surface area contributed by atoms with Crippen LogP contribution in [0.15, 0.2) is 12.2 Å². The lowest BCUT2D eigenvalue weighted by Gasteiger charge is -2.35. The van der Waals surface area contributed by atoms with Crippen molar-refractivity contribution in [1.82, 2.24) is 4.90 Å². The van der Waals surface area contributed by atoms with Crippen molar-refractivity contribution in [3.63, 3.8) is 0 Å². The van der Waals surface area contributed by atoms with Crippen LogP contribution in [0.4, 0.5) is 0 Å². The number of allylic oxidation sites excluding steroid dienone is 2. The predicted octanol–water partition coefficient (Wildman–Crippen LogP) is 2.39. The molecular formula is C13H25NO2Si. The topological polar surface area (TPSA) is 21.7 Å². The summed E-state index contributed by atoms with van der Waals surface area (Å²) in [6, 6.07) is 2.10. The van der Waals surface area contributed by atoms with Gasteiger partial charge in [-0.15, -0.1) is 0 Å². The predicted molar refractivity (Wildman–Crippen MR) is 72.3 cm³/mol. The van der Waals surface area contributed by atoms with Gasteiger partial charge in [0.25, 0.3) is 0 Å². The van der Waals surface area contributed by atoms with Gasteiger partial charge in [-0.05, 0) is 5.41 Å². The molecule has 0 radical (unpaired) electrons. The minimum Gasteiger partial charge on any atom is -0.393 e. The van der Waals surface area contributed by atoms with Gasteiger partial charge in [0, 0.05) is 44.9 Å². The summed E-state index contributed by atoms with van der Waals surface area (Å²) in [4.78, 5) is 2.46. The van der Waals surface area contributed by atoms with E-state index in [0.717, 1.165) is 44.9 Å². The molecule has 0 amide bonds. The fourth-order valence-electron chi connectivity index (χ4n) is 2.55. The van der Waals surface area contributed by atoms with Gasteiger partial charge in [-0.3, -0.25) is 4.90 Å². The summed E-state index contributed by atoms with van der Waals surface area (Å²) in [6.45, 7) is 11.7. The zero-order chi connectivity index (χ0) is 12.4. The highest BCUT2D eigenvalue weighted by Crippen LogP contribution is 2.27. The van der Waals surface area contributed by atoms with E-state index in [1.807, 2.05) is 0 Å². The fourth-order valence-corrected chi connectivity index (χ4v) is 5.25. The Balaban J connectivity index is 1.83. The van der Waals surface area contributed by atoms with E-state index in [1.54, 1.807) is 0 Å².